The first kappa shape index (κ1) is 15.3. The van der Waals surface area contributed by atoms with E-state index in [2.05, 4.69) is 17.3 Å². The largest absolute Gasteiger partial charge is 0.381 e. The molecule has 1 fully saturated rings. The Kier molecular flexibility index (Phi) is 5.43. The van der Waals surface area contributed by atoms with Gasteiger partial charge in [-0.05, 0) is 19.8 Å². The summed E-state index contributed by atoms with van der Waals surface area (Å²) in [4.78, 5) is 12.2. The Labute approximate surface area is 124 Å². The average Bonchev–Trinajstić information content (AvgIpc) is 3.02. The third-order valence-corrected chi connectivity index (χ3v) is 3.98. The zero-order valence-electron chi connectivity index (χ0n) is 12.1. The second-order valence-corrected chi connectivity index (χ2v) is 5.63. The number of aryl methyl sites for hydroxylation is 2. The number of halogens is 1. The molecule has 112 valence electrons. The van der Waals surface area contributed by atoms with Gasteiger partial charge in [-0.3, -0.25) is 9.48 Å². The second kappa shape index (κ2) is 7.09. The van der Waals surface area contributed by atoms with Crippen molar-refractivity contribution in [3.8, 4) is 0 Å². The predicted octanol–water partition coefficient (Wildman–Crippen LogP) is 2.41. The van der Waals surface area contributed by atoms with Crippen LogP contribution in [0.5, 0.6) is 0 Å². The normalized spacial score (nSPS) is 18.4. The maximum Gasteiger partial charge on any atom is 0.256 e. The van der Waals surface area contributed by atoms with E-state index in [0.717, 1.165) is 39.0 Å². The van der Waals surface area contributed by atoms with Crippen molar-refractivity contribution >= 4 is 17.5 Å². The molecular weight excluding hydrogens is 278 g/mol. The van der Waals surface area contributed by atoms with Crippen molar-refractivity contribution in [2.75, 3.05) is 19.8 Å². The molecule has 1 amide bonds. The van der Waals surface area contributed by atoms with Gasteiger partial charge in [-0.2, -0.15) is 5.10 Å². The third-order valence-electron chi connectivity index (χ3n) is 3.59. The van der Waals surface area contributed by atoms with Crippen molar-refractivity contribution in [3.63, 3.8) is 0 Å². The SMILES string of the molecule is CCCCn1nc(C)c(C(=O)NC[C@@H]2CCOC2)c1Cl. The fourth-order valence-corrected chi connectivity index (χ4v) is 2.68. The topological polar surface area (TPSA) is 56.2 Å². The van der Waals surface area contributed by atoms with Crippen molar-refractivity contribution in [2.45, 2.75) is 39.7 Å². The molecule has 0 unspecified atom stereocenters. The molecule has 1 saturated heterocycles. The number of rotatable bonds is 6. The number of amides is 1. The molecule has 6 heteroatoms. The quantitative estimate of drug-likeness (QED) is 0.877. The molecule has 2 rings (SSSR count). The van der Waals surface area contributed by atoms with Crippen molar-refractivity contribution in [1.82, 2.24) is 15.1 Å². The van der Waals surface area contributed by atoms with Gasteiger partial charge in [0.05, 0.1) is 17.9 Å². The number of ether oxygens (including phenoxy) is 1. The second-order valence-electron chi connectivity index (χ2n) is 5.27. The van der Waals surface area contributed by atoms with Gasteiger partial charge in [0.2, 0.25) is 0 Å². The fraction of sp³-hybridized carbons (Fsp3) is 0.714. The van der Waals surface area contributed by atoms with Crippen LogP contribution in [0.25, 0.3) is 0 Å². The van der Waals surface area contributed by atoms with E-state index in [4.69, 9.17) is 16.3 Å². The highest BCUT2D eigenvalue weighted by atomic mass is 35.5. The van der Waals surface area contributed by atoms with Gasteiger partial charge in [0.25, 0.3) is 5.91 Å². The maximum absolute atomic E-state index is 12.2. The van der Waals surface area contributed by atoms with E-state index in [1.165, 1.54) is 0 Å². The summed E-state index contributed by atoms with van der Waals surface area (Å²) in [7, 11) is 0. The molecule has 1 aromatic heterocycles. The summed E-state index contributed by atoms with van der Waals surface area (Å²) >= 11 is 6.27. The standard InChI is InChI=1S/C14H22ClN3O2/c1-3-4-6-18-13(15)12(10(2)17-18)14(19)16-8-11-5-7-20-9-11/h11H,3-9H2,1-2H3,(H,16,19)/t11-/m0/s1. The van der Waals surface area contributed by atoms with Gasteiger partial charge in [0.15, 0.2) is 0 Å². The molecule has 20 heavy (non-hydrogen) atoms. The molecule has 0 radical (unpaired) electrons. The lowest BCUT2D eigenvalue weighted by molar-refractivity contribution is 0.0944. The summed E-state index contributed by atoms with van der Waals surface area (Å²) in [6, 6.07) is 0. The van der Waals surface area contributed by atoms with E-state index in [1.54, 1.807) is 4.68 Å². The lowest BCUT2D eigenvalue weighted by Crippen LogP contribution is -2.30. The number of carbonyl (C=O) groups is 1. The van der Waals surface area contributed by atoms with E-state index in [-0.39, 0.29) is 5.91 Å². The lowest BCUT2D eigenvalue weighted by Gasteiger charge is -2.09. The Hall–Kier alpha value is -1.07. The molecule has 0 saturated carbocycles. The highest BCUT2D eigenvalue weighted by Gasteiger charge is 2.22. The molecule has 5 nitrogen and oxygen atoms in total. The zero-order chi connectivity index (χ0) is 14.5. The van der Waals surface area contributed by atoms with Crippen molar-refractivity contribution in [2.24, 2.45) is 5.92 Å². The van der Waals surface area contributed by atoms with Crippen molar-refractivity contribution in [3.05, 3.63) is 16.4 Å². The summed E-state index contributed by atoms with van der Waals surface area (Å²) in [5, 5.41) is 7.72. The van der Waals surface area contributed by atoms with Crippen LogP contribution in [-0.4, -0.2) is 35.4 Å². The van der Waals surface area contributed by atoms with Crippen LogP contribution < -0.4 is 5.32 Å². The molecule has 0 spiro atoms. The Morgan fingerprint density at radius 1 is 1.60 bits per heavy atom. The summed E-state index contributed by atoms with van der Waals surface area (Å²) in [6.45, 7) is 6.83. The van der Waals surface area contributed by atoms with Gasteiger partial charge in [0.1, 0.15) is 5.15 Å². The molecule has 1 aliphatic heterocycles. The zero-order valence-corrected chi connectivity index (χ0v) is 12.9. The number of unbranched alkanes of at least 4 members (excludes halogenated alkanes) is 1. The molecular formula is C14H22ClN3O2. The first-order valence-corrected chi connectivity index (χ1v) is 7.60. The summed E-state index contributed by atoms with van der Waals surface area (Å²) < 4.78 is 7.01. The molecule has 2 heterocycles. The molecule has 1 atom stereocenters. The number of carbonyl (C=O) groups excluding carboxylic acids is 1. The molecule has 1 aromatic rings. The van der Waals surface area contributed by atoms with E-state index in [0.29, 0.717) is 28.9 Å². The van der Waals surface area contributed by atoms with Gasteiger partial charge in [-0.1, -0.05) is 24.9 Å². The van der Waals surface area contributed by atoms with Crippen LogP contribution in [0.4, 0.5) is 0 Å². The highest BCUT2D eigenvalue weighted by molar-refractivity contribution is 6.33. The Morgan fingerprint density at radius 3 is 3.05 bits per heavy atom. The first-order valence-electron chi connectivity index (χ1n) is 7.22. The smallest absolute Gasteiger partial charge is 0.256 e. The highest BCUT2D eigenvalue weighted by Crippen LogP contribution is 2.20. The summed E-state index contributed by atoms with van der Waals surface area (Å²) in [5.74, 6) is 0.273. The van der Waals surface area contributed by atoms with Crippen LogP contribution >= 0.6 is 11.6 Å². The monoisotopic (exact) mass is 299 g/mol. The van der Waals surface area contributed by atoms with Gasteiger partial charge < -0.3 is 10.1 Å². The van der Waals surface area contributed by atoms with Crippen LogP contribution in [0.1, 0.15) is 42.2 Å². The minimum atomic E-state index is -0.137. The van der Waals surface area contributed by atoms with Crippen LogP contribution in [0.15, 0.2) is 0 Å². The molecule has 0 aromatic carbocycles. The predicted molar refractivity (Wildman–Crippen MR) is 78.1 cm³/mol. The lowest BCUT2D eigenvalue weighted by atomic mass is 10.1. The van der Waals surface area contributed by atoms with E-state index >= 15 is 0 Å². The van der Waals surface area contributed by atoms with Crippen molar-refractivity contribution < 1.29 is 9.53 Å². The molecule has 0 bridgehead atoms. The number of nitrogens with one attached hydrogen (secondary N) is 1. The molecule has 1 aliphatic rings. The Bertz CT molecular complexity index is 467. The number of nitrogens with zero attached hydrogens (tertiary/aromatic N) is 2. The van der Waals surface area contributed by atoms with Crippen LogP contribution in [0, 0.1) is 12.8 Å². The van der Waals surface area contributed by atoms with Gasteiger partial charge in [0, 0.05) is 25.6 Å². The average molecular weight is 300 g/mol. The van der Waals surface area contributed by atoms with Gasteiger partial charge in [-0.25, -0.2) is 0 Å². The Balaban J connectivity index is 1.99. The van der Waals surface area contributed by atoms with E-state index < -0.39 is 0 Å². The molecule has 0 aliphatic carbocycles. The van der Waals surface area contributed by atoms with Crippen LogP contribution in [0.2, 0.25) is 5.15 Å². The summed E-state index contributed by atoms with van der Waals surface area (Å²) in [5.41, 5.74) is 1.19. The first-order chi connectivity index (χ1) is 9.63. The minimum absolute atomic E-state index is 0.137. The number of hydrogen-bond donors (Lipinski definition) is 1. The third kappa shape index (κ3) is 3.52. The van der Waals surface area contributed by atoms with Crippen molar-refractivity contribution in [1.29, 1.82) is 0 Å². The van der Waals surface area contributed by atoms with E-state index in [1.807, 2.05) is 6.92 Å². The summed E-state index contributed by atoms with van der Waals surface area (Å²) in [6.07, 6.45) is 3.07. The Morgan fingerprint density at radius 2 is 2.40 bits per heavy atom. The van der Waals surface area contributed by atoms with Gasteiger partial charge in [-0.15, -0.1) is 0 Å². The van der Waals surface area contributed by atoms with Crippen LogP contribution in [0.3, 0.4) is 0 Å². The maximum atomic E-state index is 12.2. The fourth-order valence-electron chi connectivity index (χ4n) is 2.34. The number of hydrogen-bond acceptors (Lipinski definition) is 3. The van der Waals surface area contributed by atoms with E-state index in [9.17, 15) is 4.79 Å². The van der Waals surface area contributed by atoms with Crippen LogP contribution in [-0.2, 0) is 11.3 Å². The minimum Gasteiger partial charge on any atom is -0.381 e. The van der Waals surface area contributed by atoms with Gasteiger partial charge >= 0.3 is 0 Å². The molecule has 1 N–H and O–H groups in total. The number of aromatic nitrogens is 2.